The molecular formula is C14H18N2S. The maximum absolute atomic E-state index is 5.74. The Kier molecular flexibility index (Phi) is 3.62. The molecule has 0 bridgehead atoms. The molecule has 0 saturated heterocycles. The zero-order valence-electron chi connectivity index (χ0n) is 10.4. The molecule has 1 heterocycles. The lowest BCUT2D eigenvalue weighted by Gasteiger charge is -2.19. The van der Waals surface area contributed by atoms with Gasteiger partial charge in [0.1, 0.15) is 0 Å². The summed E-state index contributed by atoms with van der Waals surface area (Å²) in [4.78, 5) is 1.31. The Labute approximate surface area is 106 Å². The minimum atomic E-state index is 0.0844. The van der Waals surface area contributed by atoms with Crippen molar-refractivity contribution in [1.82, 2.24) is 5.43 Å². The second kappa shape index (κ2) is 5.00. The fourth-order valence-electron chi connectivity index (χ4n) is 2.11. The van der Waals surface area contributed by atoms with E-state index in [0.717, 1.165) is 0 Å². The van der Waals surface area contributed by atoms with E-state index in [9.17, 15) is 0 Å². The number of thiophene rings is 1. The van der Waals surface area contributed by atoms with Crippen LogP contribution in [0, 0.1) is 20.8 Å². The van der Waals surface area contributed by atoms with Gasteiger partial charge in [-0.1, -0.05) is 23.8 Å². The average molecular weight is 246 g/mol. The van der Waals surface area contributed by atoms with E-state index in [0.29, 0.717) is 0 Å². The minimum absolute atomic E-state index is 0.0844. The van der Waals surface area contributed by atoms with Gasteiger partial charge in [0.2, 0.25) is 0 Å². The van der Waals surface area contributed by atoms with E-state index >= 15 is 0 Å². The number of benzene rings is 1. The second-order valence-electron chi connectivity index (χ2n) is 4.39. The summed E-state index contributed by atoms with van der Waals surface area (Å²) < 4.78 is 0. The third-order valence-electron chi connectivity index (χ3n) is 3.12. The van der Waals surface area contributed by atoms with Gasteiger partial charge in [0.05, 0.1) is 6.04 Å². The molecule has 0 radical (unpaired) electrons. The molecule has 0 fully saturated rings. The van der Waals surface area contributed by atoms with E-state index < -0.39 is 0 Å². The van der Waals surface area contributed by atoms with Crippen molar-refractivity contribution < 1.29 is 0 Å². The molecule has 1 atom stereocenters. The number of rotatable bonds is 3. The molecule has 3 N–H and O–H groups in total. The second-order valence-corrected chi connectivity index (χ2v) is 5.51. The third kappa shape index (κ3) is 2.41. The van der Waals surface area contributed by atoms with Crippen molar-refractivity contribution in [3.05, 3.63) is 56.8 Å². The zero-order chi connectivity index (χ0) is 12.4. The topological polar surface area (TPSA) is 38.0 Å². The molecule has 0 spiro atoms. The van der Waals surface area contributed by atoms with Crippen LogP contribution in [0.4, 0.5) is 0 Å². The largest absolute Gasteiger partial charge is 0.271 e. The normalized spacial score (nSPS) is 12.7. The molecule has 1 aromatic heterocycles. The van der Waals surface area contributed by atoms with Crippen LogP contribution in [0.3, 0.4) is 0 Å². The quantitative estimate of drug-likeness (QED) is 0.644. The highest BCUT2D eigenvalue weighted by Crippen LogP contribution is 2.29. The highest BCUT2D eigenvalue weighted by Gasteiger charge is 2.17. The highest BCUT2D eigenvalue weighted by molar-refractivity contribution is 7.10. The maximum atomic E-state index is 5.74. The van der Waals surface area contributed by atoms with Crippen molar-refractivity contribution in [2.45, 2.75) is 26.8 Å². The first-order chi connectivity index (χ1) is 8.13. The van der Waals surface area contributed by atoms with E-state index in [1.54, 1.807) is 11.3 Å². The number of nitrogens with two attached hydrogens (primary N) is 1. The summed E-state index contributed by atoms with van der Waals surface area (Å²) in [6.07, 6.45) is 0. The maximum Gasteiger partial charge on any atom is 0.0723 e. The van der Waals surface area contributed by atoms with Crippen LogP contribution in [-0.4, -0.2) is 0 Å². The Morgan fingerprint density at radius 1 is 1.12 bits per heavy atom. The first-order valence-electron chi connectivity index (χ1n) is 5.70. The first kappa shape index (κ1) is 12.3. The van der Waals surface area contributed by atoms with Gasteiger partial charge in [0.15, 0.2) is 0 Å². The van der Waals surface area contributed by atoms with Gasteiger partial charge >= 0.3 is 0 Å². The predicted octanol–water partition coefficient (Wildman–Crippen LogP) is 3.23. The molecule has 2 nitrogen and oxygen atoms in total. The number of hydrogen-bond donors (Lipinski definition) is 2. The van der Waals surface area contributed by atoms with Crippen molar-refractivity contribution in [2.75, 3.05) is 0 Å². The molecule has 2 aromatic rings. The SMILES string of the molecule is Cc1ccc(C)c(C(NN)c2ccsc2C)c1. The van der Waals surface area contributed by atoms with Gasteiger partial charge in [-0.2, -0.15) is 0 Å². The van der Waals surface area contributed by atoms with Crippen molar-refractivity contribution >= 4 is 11.3 Å². The molecule has 3 heteroatoms. The fraction of sp³-hybridized carbons (Fsp3) is 0.286. The number of hydrazine groups is 1. The van der Waals surface area contributed by atoms with Crippen LogP contribution < -0.4 is 11.3 Å². The lowest BCUT2D eigenvalue weighted by Crippen LogP contribution is -2.29. The van der Waals surface area contributed by atoms with Crippen molar-refractivity contribution in [3.63, 3.8) is 0 Å². The van der Waals surface area contributed by atoms with Gasteiger partial charge in [0.25, 0.3) is 0 Å². The van der Waals surface area contributed by atoms with Gasteiger partial charge < -0.3 is 0 Å². The van der Waals surface area contributed by atoms with Crippen LogP contribution >= 0.6 is 11.3 Å². The van der Waals surface area contributed by atoms with Gasteiger partial charge in [-0.15, -0.1) is 11.3 Å². The molecule has 2 rings (SSSR count). The van der Waals surface area contributed by atoms with Gasteiger partial charge in [-0.05, 0) is 48.9 Å². The molecule has 0 aliphatic rings. The van der Waals surface area contributed by atoms with E-state index in [2.05, 4.69) is 55.8 Å². The minimum Gasteiger partial charge on any atom is -0.271 e. The van der Waals surface area contributed by atoms with Gasteiger partial charge in [-0.25, -0.2) is 5.43 Å². The summed E-state index contributed by atoms with van der Waals surface area (Å²) in [6, 6.07) is 8.72. The van der Waals surface area contributed by atoms with Crippen LogP contribution in [0.1, 0.15) is 33.2 Å². The standard InChI is InChI=1S/C14H18N2S/c1-9-4-5-10(2)13(8-9)14(16-15)12-6-7-17-11(12)3/h4-8,14,16H,15H2,1-3H3. The Morgan fingerprint density at radius 3 is 2.47 bits per heavy atom. The van der Waals surface area contributed by atoms with E-state index in [1.807, 2.05) is 0 Å². The molecule has 1 aromatic carbocycles. The summed E-state index contributed by atoms with van der Waals surface area (Å²) in [7, 11) is 0. The summed E-state index contributed by atoms with van der Waals surface area (Å²) >= 11 is 1.76. The molecule has 1 unspecified atom stereocenters. The van der Waals surface area contributed by atoms with Crippen LogP contribution in [0.5, 0.6) is 0 Å². The average Bonchev–Trinajstić information content (AvgIpc) is 2.71. The summed E-state index contributed by atoms with van der Waals surface area (Å²) in [5.41, 5.74) is 7.99. The lowest BCUT2D eigenvalue weighted by atomic mass is 9.94. The lowest BCUT2D eigenvalue weighted by molar-refractivity contribution is 0.632. The van der Waals surface area contributed by atoms with Crippen LogP contribution in [0.2, 0.25) is 0 Å². The molecular weight excluding hydrogens is 228 g/mol. The Bertz CT molecular complexity index is 517. The molecule has 0 saturated carbocycles. The fourth-order valence-corrected chi connectivity index (χ4v) is 2.85. The van der Waals surface area contributed by atoms with Crippen LogP contribution in [-0.2, 0) is 0 Å². The molecule has 90 valence electrons. The third-order valence-corrected chi connectivity index (χ3v) is 3.98. The Morgan fingerprint density at radius 2 is 1.88 bits per heavy atom. The predicted molar refractivity (Wildman–Crippen MR) is 74.1 cm³/mol. The van der Waals surface area contributed by atoms with Gasteiger partial charge in [0, 0.05) is 4.88 Å². The van der Waals surface area contributed by atoms with E-state index in [-0.39, 0.29) is 6.04 Å². The molecule has 0 amide bonds. The molecule has 0 aliphatic heterocycles. The Hall–Kier alpha value is -1.16. The van der Waals surface area contributed by atoms with Gasteiger partial charge in [-0.3, -0.25) is 5.84 Å². The monoisotopic (exact) mass is 246 g/mol. The summed E-state index contributed by atoms with van der Waals surface area (Å²) in [5, 5.41) is 2.11. The summed E-state index contributed by atoms with van der Waals surface area (Å²) in [5.74, 6) is 5.74. The van der Waals surface area contributed by atoms with Crippen molar-refractivity contribution in [3.8, 4) is 0 Å². The number of nitrogens with one attached hydrogen (secondary N) is 1. The smallest absolute Gasteiger partial charge is 0.0723 e. The number of aryl methyl sites for hydroxylation is 3. The number of hydrogen-bond acceptors (Lipinski definition) is 3. The highest BCUT2D eigenvalue weighted by atomic mass is 32.1. The first-order valence-corrected chi connectivity index (χ1v) is 6.58. The van der Waals surface area contributed by atoms with E-state index in [1.165, 1.54) is 27.1 Å². The van der Waals surface area contributed by atoms with Crippen LogP contribution in [0.15, 0.2) is 29.6 Å². The molecule has 0 aliphatic carbocycles. The van der Waals surface area contributed by atoms with Crippen molar-refractivity contribution in [1.29, 1.82) is 0 Å². The van der Waals surface area contributed by atoms with Crippen molar-refractivity contribution in [2.24, 2.45) is 5.84 Å². The summed E-state index contributed by atoms with van der Waals surface area (Å²) in [6.45, 7) is 6.37. The van der Waals surface area contributed by atoms with Crippen LogP contribution in [0.25, 0.3) is 0 Å². The Balaban J connectivity index is 2.49. The van der Waals surface area contributed by atoms with E-state index in [4.69, 9.17) is 5.84 Å². The zero-order valence-corrected chi connectivity index (χ0v) is 11.3. The molecule has 17 heavy (non-hydrogen) atoms.